The molecule has 138 valence electrons. The molecule has 1 atom stereocenters. The highest BCUT2D eigenvalue weighted by molar-refractivity contribution is 5.95. The van der Waals surface area contributed by atoms with Crippen LogP contribution < -0.4 is 5.32 Å². The molecular formula is C20H22N6O. The summed E-state index contributed by atoms with van der Waals surface area (Å²) < 4.78 is 1.56. The van der Waals surface area contributed by atoms with E-state index in [4.69, 9.17) is 0 Å². The Morgan fingerprint density at radius 1 is 1.22 bits per heavy atom. The average Bonchev–Trinajstić information content (AvgIpc) is 3.36. The van der Waals surface area contributed by atoms with Gasteiger partial charge in [-0.25, -0.2) is 4.68 Å². The number of aromatic nitrogens is 4. The number of rotatable bonds is 5. The number of amides is 1. The molecule has 0 saturated carbocycles. The van der Waals surface area contributed by atoms with Crippen LogP contribution >= 0.6 is 0 Å². The van der Waals surface area contributed by atoms with E-state index in [2.05, 4.69) is 56.9 Å². The van der Waals surface area contributed by atoms with Gasteiger partial charge in [0.25, 0.3) is 0 Å². The summed E-state index contributed by atoms with van der Waals surface area (Å²) in [5, 5.41) is 14.2. The Labute approximate surface area is 158 Å². The van der Waals surface area contributed by atoms with Crippen LogP contribution in [0.4, 0.5) is 5.69 Å². The normalized spacial score (nSPS) is 17.1. The molecule has 2 aromatic carbocycles. The first-order valence-electron chi connectivity index (χ1n) is 9.13. The van der Waals surface area contributed by atoms with Gasteiger partial charge in [-0.3, -0.25) is 9.69 Å². The van der Waals surface area contributed by atoms with Gasteiger partial charge in [0.1, 0.15) is 6.33 Å². The van der Waals surface area contributed by atoms with E-state index >= 15 is 0 Å². The topological polar surface area (TPSA) is 75.9 Å². The number of benzene rings is 2. The number of hydrogen-bond acceptors (Lipinski definition) is 5. The van der Waals surface area contributed by atoms with E-state index in [0.717, 1.165) is 37.3 Å². The van der Waals surface area contributed by atoms with Crippen LogP contribution in [0.2, 0.25) is 0 Å². The molecule has 7 heteroatoms. The Kier molecular flexibility index (Phi) is 4.93. The number of likely N-dealkylation sites (tertiary alicyclic amines) is 1. The van der Waals surface area contributed by atoms with Gasteiger partial charge in [-0.15, -0.1) is 5.10 Å². The maximum absolute atomic E-state index is 12.9. The molecule has 1 saturated heterocycles. The molecule has 1 aromatic heterocycles. The summed E-state index contributed by atoms with van der Waals surface area (Å²) in [5.41, 5.74) is 4.04. The number of nitrogens with zero attached hydrogens (tertiary/aromatic N) is 5. The third-order valence-corrected chi connectivity index (χ3v) is 4.90. The van der Waals surface area contributed by atoms with Gasteiger partial charge in [0.15, 0.2) is 0 Å². The number of nitrogens with one attached hydrogen (secondary N) is 1. The third kappa shape index (κ3) is 4.03. The van der Waals surface area contributed by atoms with Crippen LogP contribution in [0.1, 0.15) is 24.0 Å². The Morgan fingerprint density at radius 3 is 2.85 bits per heavy atom. The predicted octanol–water partition coefficient (Wildman–Crippen LogP) is 2.57. The van der Waals surface area contributed by atoms with E-state index in [-0.39, 0.29) is 11.9 Å². The summed E-state index contributed by atoms with van der Waals surface area (Å²) >= 11 is 0. The van der Waals surface area contributed by atoms with E-state index in [1.165, 1.54) is 17.5 Å². The lowest BCUT2D eigenvalue weighted by molar-refractivity contribution is -0.120. The molecule has 27 heavy (non-hydrogen) atoms. The highest BCUT2D eigenvalue weighted by Crippen LogP contribution is 2.22. The lowest BCUT2D eigenvalue weighted by Crippen LogP contribution is -2.39. The molecule has 1 unspecified atom stereocenters. The predicted molar refractivity (Wildman–Crippen MR) is 102 cm³/mol. The zero-order valence-corrected chi connectivity index (χ0v) is 15.2. The molecule has 4 rings (SSSR count). The maximum Gasteiger partial charge on any atom is 0.241 e. The molecule has 0 bridgehead atoms. The smallest absolute Gasteiger partial charge is 0.241 e. The van der Waals surface area contributed by atoms with Gasteiger partial charge < -0.3 is 5.32 Å². The zero-order valence-electron chi connectivity index (χ0n) is 15.2. The maximum atomic E-state index is 12.9. The molecule has 1 N–H and O–H groups in total. The van der Waals surface area contributed by atoms with E-state index in [1.807, 2.05) is 24.3 Å². The van der Waals surface area contributed by atoms with Crippen molar-refractivity contribution < 1.29 is 4.79 Å². The fourth-order valence-electron chi connectivity index (χ4n) is 3.47. The number of aryl methyl sites for hydroxylation is 1. The summed E-state index contributed by atoms with van der Waals surface area (Å²) in [5.74, 6) is 0.0356. The van der Waals surface area contributed by atoms with Crippen molar-refractivity contribution >= 4 is 11.6 Å². The molecule has 1 fully saturated rings. The lowest BCUT2D eigenvalue weighted by Gasteiger charge is -2.24. The second kappa shape index (κ2) is 7.67. The Bertz CT molecular complexity index is 906. The van der Waals surface area contributed by atoms with Gasteiger partial charge in [0, 0.05) is 12.2 Å². The van der Waals surface area contributed by atoms with E-state index in [9.17, 15) is 4.79 Å². The highest BCUT2D eigenvalue weighted by Gasteiger charge is 2.30. The molecule has 1 amide bonds. The molecule has 0 radical (unpaired) electrons. The van der Waals surface area contributed by atoms with Crippen molar-refractivity contribution in [2.24, 2.45) is 0 Å². The minimum atomic E-state index is -0.108. The van der Waals surface area contributed by atoms with Gasteiger partial charge in [-0.2, -0.15) is 0 Å². The van der Waals surface area contributed by atoms with E-state index < -0.39 is 0 Å². The SMILES string of the molecule is Cc1ccc(CN2CCCC2C(=O)Nc2cccc(-n3cnnn3)c2)cc1. The fourth-order valence-corrected chi connectivity index (χ4v) is 3.47. The standard InChI is InChI=1S/C20H22N6O/c1-15-7-9-16(10-8-15)13-25-11-3-6-19(25)20(27)22-17-4-2-5-18(12-17)26-14-21-23-24-26/h2,4-5,7-10,12,14,19H,3,6,11,13H2,1H3,(H,22,27). The molecule has 0 spiro atoms. The highest BCUT2D eigenvalue weighted by atomic mass is 16.2. The molecule has 1 aliphatic rings. The molecule has 7 nitrogen and oxygen atoms in total. The Hall–Kier alpha value is -3.06. The van der Waals surface area contributed by atoms with Crippen LogP contribution in [0.25, 0.3) is 5.69 Å². The second-order valence-corrected chi connectivity index (χ2v) is 6.91. The molecule has 2 heterocycles. The zero-order chi connectivity index (χ0) is 18.6. The Morgan fingerprint density at radius 2 is 2.07 bits per heavy atom. The summed E-state index contributed by atoms with van der Waals surface area (Å²) in [6, 6.07) is 15.9. The quantitative estimate of drug-likeness (QED) is 0.755. The van der Waals surface area contributed by atoms with Crippen molar-refractivity contribution in [2.75, 3.05) is 11.9 Å². The van der Waals surface area contributed by atoms with Crippen molar-refractivity contribution in [1.29, 1.82) is 0 Å². The van der Waals surface area contributed by atoms with Crippen molar-refractivity contribution in [3.8, 4) is 5.69 Å². The minimum absolute atomic E-state index is 0.0356. The van der Waals surface area contributed by atoms with E-state index in [0.29, 0.717) is 0 Å². The van der Waals surface area contributed by atoms with Gasteiger partial charge in [-0.1, -0.05) is 35.9 Å². The monoisotopic (exact) mass is 362 g/mol. The summed E-state index contributed by atoms with van der Waals surface area (Å²) in [6.45, 7) is 3.82. The van der Waals surface area contributed by atoms with Crippen LogP contribution in [-0.2, 0) is 11.3 Å². The second-order valence-electron chi connectivity index (χ2n) is 6.91. The first-order chi connectivity index (χ1) is 13.2. The number of tetrazole rings is 1. The average molecular weight is 362 g/mol. The first kappa shape index (κ1) is 17.4. The van der Waals surface area contributed by atoms with Crippen molar-refractivity contribution in [3.05, 3.63) is 66.0 Å². The van der Waals surface area contributed by atoms with Gasteiger partial charge >= 0.3 is 0 Å². The van der Waals surface area contributed by atoms with Crippen LogP contribution in [0.3, 0.4) is 0 Å². The van der Waals surface area contributed by atoms with E-state index in [1.54, 1.807) is 4.68 Å². The summed E-state index contributed by atoms with van der Waals surface area (Å²) in [4.78, 5) is 15.1. The molecular weight excluding hydrogens is 340 g/mol. The van der Waals surface area contributed by atoms with Gasteiger partial charge in [-0.05, 0) is 60.5 Å². The summed E-state index contributed by atoms with van der Waals surface area (Å²) in [6.07, 6.45) is 3.44. The van der Waals surface area contributed by atoms with Crippen molar-refractivity contribution in [1.82, 2.24) is 25.1 Å². The van der Waals surface area contributed by atoms with Crippen molar-refractivity contribution in [3.63, 3.8) is 0 Å². The molecule has 0 aliphatic carbocycles. The van der Waals surface area contributed by atoms with Gasteiger partial charge in [0.05, 0.1) is 11.7 Å². The van der Waals surface area contributed by atoms with Crippen LogP contribution in [0, 0.1) is 6.92 Å². The lowest BCUT2D eigenvalue weighted by atomic mass is 10.1. The third-order valence-electron chi connectivity index (χ3n) is 4.90. The first-order valence-corrected chi connectivity index (χ1v) is 9.13. The number of anilines is 1. The largest absolute Gasteiger partial charge is 0.325 e. The van der Waals surface area contributed by atoms with Gasteiger partial charge in [0.2, 0.25) is 5.91 Å². The molecule has 3 aromatic rings. The summed E-state index contributed by atoms with van der Waals surface area (Å²) in [7, 11) is 0. The van der Waals surface area contributed by atoms with Crippen LogP contribution in [-0.4, -0.2) is 43.6 Å². The van der Waals surface area contributed by atoms with Crippen molar-refractivity contribution in [2.45, 2.75) is 32.4 Å². The fraction of sp³-hybridized carbons (Fsp3) is 0.300. The number of hydrogen-bond donors (Lipinski definition) is 1. The Balaban J connectivity index is 1.44. The number of carbonyl (C=O) groups excluding carboxylic acids is 1. The minimum Gasteiger partial charge on any atom is -0.325 e. The van der Waals surface area contributed by atoms with Crippen LogP contribution in [0.15, 0.2) is 54.9 Å². The number of carbonyl (C=O) groups is 1. The molecule has 1 aliphatic heterocycles. The van der Waals surface area contributed by atoms with Crippen LogP contribution in [0.5, 0.6) is 0 Å².